The Hall–Kier alpha value is -1.05. The van der Waals surface area contributed by atoms with Crippen LogP contribution in [-0.2, 0) is 0 Å². The first kappa shape index (κ1) is 13.4. The fourth-order valence-electron chi connectivity index (χ4n) is 2.56. The van der Waals surface area contributed by atoms with Gasteiger partial charge >= 0.3 is 0 Å². The van der Waals surface area contributed by atoms with E-state index in [0.717, 1.165) is 29.5 Å². The lowest BCUT2D eigenvalue weighted by Crippen LogP contribution is -2.30. The summed E-state index contributed by atoms with van der Waals surface area (Å²) in [5, 5.41) is 21.8. The molecule has 1 aromatic rings. The maximum absolute atomic E-state index is 9.55. The summed E-state index contributed by atoms with van der Waals surface area (Å²) >= 11 is 3.40. The molecule has 0 unspecified atom stereocenters. The Balaban J connectivity index is 2.06. The summed E-state index contributed by atoms with van der Waals surface area (Å²) in [4.78, 5) is 0. The van der Waals surface area contributed by atoms with E-state index >= 15 is 0 Å². The molecule has 3 nitrogen and oxygen atoms in total. The van der Waals surface area contributed by atoms with E-state index in [9.17, 15) is 5.11 Å². The van der Waals surface area contributed by atoms with Crippen molar-refractivity contribution >= 4 is 21.6 Å². The second-order valence-electron chi connectivity index (χ2n) is 5.06. The Bertz CT molecular complexity index is 461. The van der Waals surface area contributed by atoms with Crippen LogP contribution in [0.5, 0.6) is 0 Å². The molecule has 2 rings (SSSR count). The van der Waals surface area contributed by atoms with Gasteiger partial charge in [0.05, 0.1) is 18.2 Å². The molecule has 0 aliphatic heterocycles. The van der Waals surface area contributed by atoms with Crippen LogP contribution in [0.3, 0.4) is 0 Å². The fraction of sp³-hybridized carbons (Fsp3) is 0.500. The molecule has 18 heavy (non-hydrogen) atoms. The van der Waals surface area contributed by atoms with Crippen molar-refractivity contribution in [3.05, 3.63) is 28.2 Å². The number of nitrogens with one attached hydrogen (secondary N) is 1. The van der Waals surface area contributed by atoms with Gasteiger partial charge in [0.15, 0.2) is 0 Å². The molecule has 0 bridgehead atoms. The number of halogens is 1. The molecule has 1 aliphatic rings. The van der Waals surface area contributed by atoms with Gasteiger partial charge < -0.3 is 10.4 Å². The molecule has 1 aliphatic carbocycles. The van der Waals surface area contributed by atoms with Crippen molar-refractivity contribution in [3.8, 4) is 6.07 Å². The van der Waals surface area contributed by atoms with E-state index in [0.29, 0.717) is 5.56 Å². The van der Waals surface area contributed by atoms with Crippen molar-refractivity contribution in [2.45, 2.75) is 25.7 Å². The second kappa shape index (κ2) is 5.73. The molecule has 1 fully saturated rings. The van der Waals surface area contributed by atoms with Crippen LogP contribution < -0.4 is 5.32 Å². The van der Waals surface area contributed by atoms with Gasteiger partial charge in [0.25, 0.3) is 0 Å². The van der Waals surface area contributed by atoms with Gasteiger partial charge in [0.1, 0.15) is 0 Å². The quantitative estimate of drug-likeness (QED) is 0.897. The SMILES string of the molecule is N#Cc1cc(Br)cc(NCC2(CO)CCCC2)c1. The van der Waals surface area contributed by atoms with Crippen molar-refractivity contribution in [1.29, 1.82) is 5.26 Å². The van der Waals surface area contributed by atoms with Gasteiger partial charge in [0, 0.05) is 22.1 Å². The third-order valence-electron chi connectivity index (χ3n) is 3.69. The highest BCUT2D eigenvalue weighted by Crippen LogP contribution is 2.37. The number of rotatable bonds is 4. The minimum Gasteiger partial charge on any atom is -0.396 e. The molecule has 1 aromatic carbocycles. The van der Waals surface area contributed by atoms with Gasteiger partial charge in [-0.25, -0.2) is 0 Å². The Morgan fingerprint density at radius 3 is 2.67 bits per heavy atom. The topological polar surface area (TPSA) is 56.0 Å². The number of anilines is 1. The largest absolute Gasteiger partial charge is 0.396 e. The normalized spacial score (nSPS) is 17.4. The van der Waals surface area contributed by atoms with Crippen molar-refractivity contribution in [2.75, 3.05) is 18.5 Å². The van der Waals surface area contributed by atoms with Gasteiger partial charge in [-0.1, -0.05) is 28.8 Å². The molecule has 0 heterocycles. The van der Waals surface area contributed by atoms with Crippen LogP contribution in [0, 0.1) is 16.7 Å². The van der Waals surface area contributed by atoms with E-state index in [4.69, 9.17) is 5.26 Å². The summed E-state index contributed by atoms with van der Waals surface area (Å²) in [6, 6.07) is 7.73. The van der Waals surface area contributed by atoms with E-state index in [-0.39, 0.29) is 12.0 Å². The summed E-state index contributed by atoms with van der Waals surface area (Å²) in [5.41, 5.74) is 1.59. The minimum absolute atomic E-state index is 0.0229. The average molecular weight is 309 g/mol. The molecule has 0 atom stereocenters. The molecule has 1 saturated carbocycles. The van der Waals surface area contributed by atoms with Crippen LogP contribution >= 0.6 is 15.9 Å². The third kappa shape index (κ3) is 3.04. The lowest BCUT2D eigenvalue weighted by atomic mass is 9.87. The number of benzene rings is 1. The van der Waals surface area contributed by atoms with Crippen LogP contribution in [0.15, 0.2) is 22.7 Å². The van der Waals surface area contributed by atoms with Gasteiger partial charge in [-0.15, -0.1) is 0 Å². The van der Waals surface area contributed by atoms with Gasteiger partial charge in [-0.3, -0.25) is 0 Å². The van der Waals surface area contributed by atoms with E-state index in [2.05, 4.69) is 27.3 Å². The van der Waals surface area contributed by atoms with E-state index < -0.39 is 0 Å². The number of aliphatic hydroxyl groups excluding tert-OH is 1. The zero-order valence-electron chi connectivity index (χ0n) is 10.2. The van der Waals surface area contributed by atoms with Crippen LogP contribution in [0.2, 0.25) is 0 Å². The van der Waals surface area contributed by atoms with E-state index in [1.54, 1.807) is 6.07 Å². The van der Waals surface area contributed by atoms with Gasteiger partial charge in [-0.05, 0) is 31.0 Å². The van der Waals surface area contributed by atoms with E-state index in [1.807, 2.05) is 12.1 Å². The van der Waals surface area contributed by atoms with Crippen LogP contribution in [0.4, 0.5) is 5.69 Å². The fourth-order valence-corrected chi connectivity index (χ4v) is 3.05. The number of aliphatic hydroxyl groups is 1. The summed E-state index contributed by atoms with van der Waals surface area (Å²) in [7, 11) is 0. The Labute approximate surface area is 116 Å². The third-order valence-corrected chi connectivity index (χ3v) is 4.15. The van der Waals surface area contributed by atoms with Crippen LogP contribution in [0.25, 0.3) is 0 Å². The molecule has 0 amide bonds. The first-order valence-corrected chi connectivity index (χ1v) is 7.02. The van der Waals surface area contributed by atoms with Crippen LogP contribution in [0.1, 0.15) is 31.2 Å². The summed E-state index contributed by atoms with van der Waals surface area (Å²) in [6.07, 6.45) is 4.56. The molecule has 0 spiro atoms. The molecular weight excluding hydrogens is 292 g/mol. The maximum atomic E-state index is 9.55. The van der Waals surface area contributed by atoms with Crippen molar-refractivity contribution in [3.63, 3.8) is 0 Å². The summed E-state index contributed by atoms with van der Waals surface area (Å²) in [5.74, 6) is 0. The molecule has 4 heteroatoms. The van der Waals surface area contributed by atoms with Crippen LogP contribution in [-0.4, -0.2) is 18.3 Å². The number of hydrogen-bond acceptors (Lipinski definition) is 3. The molecule has 0 saturated heterocycles. The van der Waals surface area contributed by atoms with Gasteiger partial charge in [-0.2, -0.15) is 5.26 Å². The molecule has 96 valence electrons. The lowest BCUT2D eigenvalue weighted by molar-refractivity contribution is 0.142. The summed E-state index contributed by atoms with van der Waals surface area (Å²) < 4.78 is 0.897. The smallest absolute Gasteiger partial charge is 0.0992 e. The predicted molar refractivity (Wildman–Crippen MR) is 75.3 cm³/mol. The predicted octanol–water partition coefficient (Wildman–Crippen LogP) is 3.29. The molecule has 2 N–H and O–H groups in total. The Morgan fingerprint density at radius 1 is 1.33 bits per heavy atom. The first-order valence-electron chi connectivity index (χ1n) is 6.23. The average Bonchev–Trinajstić information content (AvgIpc) is 2.85. The molecule has 0 radical (unpaired) electrons. The standard InChI is InChI=1S/C14H17BrN2O/c15-12-5-11(8-16)6-13(7-12)17-9-14(10-18)3-1-2-4-14/h5-7,17-18H,1-4,9-10H2. The number of nitrogens with zero attached hydrogens (tertiary/aromatic N) is 1. The summed E-state index contributed by atoms with van der Waals surface area (Å²) in [6.45, 7) is 1.00. The highest BCUT2D eigenvalue weighted by molar-refractivity contribution is 9.10. The zero-order valence-corrected chi connectivity index (χ0v) is 11.8. The highest BCUT2D eigenvalue weighted by Gasteiger charge is 2.32. The monoisotopic (exact) mass is 308 g/mol. The van der Waals surface area contributed by atoms with Crippen molar-refractivity contribution < 1.29 is 5.11 Å². The van der Waals surface area contributed by atoms with Crippen molar-refractivity contribution in [2.24, 2.45) is 5.41 Å². The molecular formula is C14H17BrN2O. The Morgan fingerprint density at radius 2 is 2.06 bits per heavy atom. The van der Waals surface area contributed by atoms with E-state index in [1.165, 1.54) is 12.8 Å². The van der Waals surface area contributed by atoms with Gasteiger partial charge in [0.2, 0.25) is 0 Å². The first-order chi connectivity index (χ1) is 8.67. The maximum Gasteiger partial charge on any atom is 0.0992 e. The highest BCUT2D eigenvalue weighted by atomic mass is 79.9. The van der Waals surface area contributed by atoms with Crippen molar-refractivity contribution in [1.82, 2.24) is 0 Å². The number of nitriles is 1. The Kier molecular flexibility index (Phi) is 4.26. The lowest BCUT2D eigenvalue weighted by Gasteiger charge is -2.27. The number of hydrogen-bond donors (Lipinski definition) is 2. The minimum atomic E-state index is 0.0229. The molecule has 0 aromatic heterocycles. The second-order valence-corrected chi connectivity index (χ2v) is 5.97. The zero-order chi connectivity index (χ0) is 13.0.